The lowest BCUT2D eigenvalue weighted by molar-refractivity contribution is 0.824. The van der Waals surface area contributed by atoms with Crippen LogP contribution < -0.4 is 10.4 Å². The third-order valence-corrected chi connectivity index (χ3v) is 4.02. The van der Waals surface area contributed by atoms with Crippen molar-refractivity contribution in [2.24, 2.45) is 5.92 Å². The number of allylic oxidation sites excluding steroid dienone is 5. The molecule has 0 nitrogen and oxygen atoms in total. The van der Waals surface area contributed by atoms with Gasteiger partial charge in [0.05, 0.1) is 0 Å². The Balaban J connectivity index is 2.65. The van der Waals surface area contributed by atoms with Gasteiger partial charge in [-0.25, -0.2) is 0 Å². The van der Waals surface area contributed by atoms with Crippen molar-refractivity contribution in [1.29, 1.82) is 0 Å². The van der Waals surface area contributed by atoms with E-state index in [9.17, 15) is 0 Å². The largest absolute Gasteiger partial charge is 0.0946 e. The van der Waals surface area contributed by atoms with E-state index < -0.39 is 0 Å². The van der Waals surface area contributed by atoms with Crippen LogP contribution in [0.1, 0.15) is 25.0 Å². The maximum absolute atomic E-state index is 4.24. The molecule has 0 saturated heterocycles. The van der Waals surface area contributed by atoms with Gasteiger partial charge in [0.2, 0.25) is 0 Å². The highest BCUT2D eigenvalue weighted by Gasteiger charge is 2.18. The molecule has 1 aliphatic carbocycles. The topological polar surface area (TPSA) is 0 Å². The highest BCUT2D eigenvalue weighted by Crippen LogP contribution is 2.33. The Hall–Kier alpha value is -1.82. The summed E-state index contributed by atoms with van der Waals surface area (Å²) in [5.41, 5.74) is 6.07. The van der Waals surface area contributed by atoms with Gasteiger partial charge in [0.25, 0.3) is 0 Å². The third-order valence-electron chi connectivity index (χ3n) is 4.02. The van der Waals surface area contributed by atoms with Crippen molar-refractivity contribution >= 4 is 18.7 Å². The van der Waals surface area contributed by atoms with Crippen molar-refractivity contribution in [2.45, 2.75) is 20.8 Å². The minimum Gasteiger partial charge on any atom is -0.0946 e. The molecule has 0 bridgehead atoms. The molecule has 92 valence electrons. The van der Waals surface area contributed by atoms with Crippen LogP contribution in [0.5, 0.6) is 0 Å². The number of rotatable bonds is 1. The van der Waals surface area contributed by atoms with Crippen LogP contribution in [0, 0.1) is 12.8 Å². The van der Waals surface area contributed by atoms with Crippen LogP contribution in [0.15, 0.2) is 42.0 Å². The first kappa shape index (κ1) is 12.6. The number of benzene rings is 1. The summed E-state index contributed by atoms with van der Waals surface area (Å²) in [6, 6.07) is 4.24. The monoisotopic (exact) mass is 236 g/mol. The summed E-state index contributed by atoms with van der Waals surface area (Å²) < 4.78 is 0. The summed E-state index contributed by atoms with van der Waals surface area (Å²) >= 11 is 0. The van der Waals surface area contributed by atoms with Gasteiger partial charge in [0.15, 0.2) is 0 Å². The molecular formula is C18H20. The minimum absolute atomic E-state index is 0.402. The van der Waals surface area contributed by atoms with E-state index in [4.69, 9.17) is 0 Å². The maximum Gasteiger partial charge on any atom is 0.00204 e. The molecule has 0 radical (unpaired) electrons. The molecule has 2 rings (SSSR count). The smallest absolute Gasteiger partial charge is 0.00204 e. The second kappa shape index (κ2) is 4.45. The van der Waals surface area contributed by atoms with Crippen LogP contribution >= 0.6 is 0 Å². The van der Waals surface area contributed by atoms with Gasteiger partial charge in [0, 0.05) is 5.92 Å². The summed E-state index contributed by atoms with van der Waals surface area (Å²) in [5.74, 6) is 0.402. The zero-order chi connectivity index (χ0) is 13.4. The molecule has 1 aromatic rings. The lowest BCUT2D eigenvalue weighted by atomic mass is 9.81. The molecule has 0 saturated carbocycles. The number of hydrogen-bond acceptors (Lipinski definition) is 0. The zero-order valence-corrected chi connectivity index (χ0v) is 11.5. The highest BCUT2D eigenvalue weighted by molar-refractivity contribution is 5.82. The van der Waals surface area contributed by atoms with E-state index in [0.29, 0.717) is 5.92 Å². The van der Waals surface area contributed by atoms with E-state index in [1.807, 2.05) is 0 Å². The van der Waals surface area contributed by atoms with Gasteiger partial charge < -0.3 is 0 Å². The zero-order valence-electron chi connectivity index (χ0n) is 11.5. The Morgan fingerprint density at radius 1 is 0.944 bits per heavy atom. The molecular weight excluding hydrogens is 216 g/mol. The average Bonchev–Trinajstić information content (AvgIpc) is 2.35. The van der Waals surface area contributed by atoms with Gasteiger partial charge >= 0.3 is 0 Å². The van der Waals surface area contributed by atoms with Gasteiger partial charge in [-0.1, -0.05) is 56.5 Å². The lowest BCUT2D eigenvalue weighted by Crippen LogP contribution is -2.28. The van der Waals surface area contributed by atoms with Crippen LogP contribution in [0.25, 0.3) is 18.7 Å². The molecule has 0 aliphatic heterocycles. The Morgan fingerprint density at radius 3 is 2.28 bits per heavy atom. The van der Waals surface area contributed by atoms with Crippen LogP contribution in [-0.2, 0) is 0 Å². The molecule has 0 spiro atoms. The van der Waals surface area contributed by atoms with Crippen molar-refractivity contribution in [3.63, 3.8) is 0 Å². The van der Waals surface area contributed by atoms with Crippen LogP contribution in [0.3, 0.4) is 0 Å². The van der Waals surface area contributed by atoms with Gasteiger partial charge in [-0.05, 0) is 46.6 Å². The molecule has 1 atom stereocenters. The minimum atomic E-state index is 0.402. The molecule has 1 aromatic carbocycles. The first-order chi connectivity index (χ1) is 8.43. The predicted octanol–water partition coefficient (Wildman–Crippen LogP) is 3.35. The summed E-state index contributed by atoms with van der Waals surface area (Å²) in [6.07, 6.45) is 4.33. The molecule has 18 heavy (non-hydrogen) atoms. The van der Waals surface area contributed by atoms with Crippen LogP contribution in [-0.4, -0.2) is 0 Å². The first-order valence-corrected chi connectivity index (χ1v) is 6.29. The van der Waals surface area contributed by atoms with Crippen molar-refractivity contribution in [2.75, 3.05) is 0 Å². The molecule has 0 aromatic heterocycles. The van der Waals surface area contributed by atoms with E-state index in [0.717, 1.165) is 16.0 Å². The van der Waals surface area contributed by atoms with E-state index in [1.165, 1.54) is 22.3 Å². The maximum atomic E-state index is 4.24. The average molecular weight is 236 g/mol. The fourth-order valence-corrected chi connectivity index (χ4v) is 2.30. The van der Waals surface area contributed by atoms with Crippen molar-refractivity contribution in [3.8, 4) is 0 Å². The molecule has 0 heterocycles. The normalized spacial score (nSPS) is 19.5. The molecule has 1 aliphatic rings. The number of hydrogen-bond donors (Lipinski definition) is 0. The van der Waals surface area contributed by atoms with E-state index in [-0.39, 0.29) is 0 Å². The Labute approximate surface area is 109 Å². The Bertz CT molecular complexity index is 669. The molecule has 0 N–H and O–H groups in total. The second-order valence-electron chi connectivity index (χ2n) is 5.13. The first-order valence-electron chi connectivity index (χ1n) is 6.29. The van der Waals surface area contributed by atoms with Gasteiger partial charge in [0.1, 0.15) is 0 Å². The van der Waals surface area contributed by atoms with Crippen molar-refractivity contribution in [3.05, 3.63) is 63.6 Å². The van der Waals surface area contributed by atoms with E-state index in [2.05, 4.69) is 64.8 Å². The molecule has 0 fully saturated rings. The summed E-state index contributed by atoms with van der Waals surface area (Å²) in [7, 11) is 0. The van der Waals surface area contributed by atoms with Crippen LogP contribution in [0.4, 0.5) is 0 Å². The summed E-state index contributed by atoms with van der Waals surface area (Å²) in [4.78, 5) is 0. The molecule has 1 unspecified atom stereocenters. The molecule has 0 heteroatoms. The van der Waals surface area contributed by atoms with Gasteiger partial charge in [-0.2, -0.15) is 0 Å². The second-order valence-corrected chi connectivity index (χ2v) is 5.13. The van der Waals surface area contributed by atoms with E-state index >= 15 is 0 Å². The SMILES string of the molecule is C=C1C(c2ccc(C)c(=C)c2=C)=CC=C(C)C1C. The molecule has 0 amide bonds. The van der Waals surface area contributed by atoms with Gasteiger partial charge in [-0.15, -0.1) is 0 Å². The summed E-state index contributed by atoms with van der Waals surface area (Å²) in [5, 5.41) is 2.04. The third kappa shape index (κ3) is 1.88. The standard InChI is InChI=1S/C18H20/c1-11-7-9-17(15(5)13(11)3)18-10-8-12(2)14(4)16(18)6/h7-10,14H,3,5-6H2,1-2,4H3. The predicted molar refractivity (Wildman–Crippen MR) is 81.5 cm³/mol. The summed E-state index contributed by atoms with van der Waals surface area (Å²) in [6.45, 7) is 18.9. The Morgan fingerprint density at radius 2 is 1.61 bits per heavy atom. The van der Waals surface area contributed by atoms with Gasteiger partial charge in [-0.3, -0.25) is 0 Å². The fraction of sp³-hybridized carbons (Fsp3) is 0.222. The highest BCUT2D eigenvalue weighted by atomic mass is 14.2. The quantitative estimate of drug-likeness (QED) is 0.701. The lowest BCUT2D eigenvalue weighted by Gasteiger charge is -2.23. The Kier molecular flexibility index (Phi) is 3.13. The number of aryl methyl sites for hydroxylation is 1. The van der Waals surface area contributed by atoms with E-state index in [1.54, 1.807) is 0 Å². The van der Waals surface area contributed by atoms with Crippen molar-refractivity contribution in [1.82, 2.24) is 0 Å². The fourth-order valence-electron chi connectivity index (χ4n) is 2.30. The van der Waals surface area contributed by atoms with Crippen LogP contribution in [0.2, 0.25) is 0 Å². The van der Waals surface area contributed by atoms with Crippen molar-refractivity contribution < 1.29 is 0 Å².